The summed E-state index contributed by atoms with van der Waals surface area (Å²) in [6.07, 6.45) is 3.81. The van der Waals surface area contributed by atoms with Gasteiger partial charge in [0.2, 0.25) is 0 Å². The lowest BCUT2D eigenvalue weighted by molar-refractivity contribution is 0.401. The first-order valence-corrected chi connectivity index (χ1v) is 6.16. The molecule has 0 heterocycles. The summed E-state index contributed by atoms with van der Waals surface area (Å²) in [6, 6.07) is 9.09. The smallest absolute Gasteiger partial charge is 0.101 e. The van der Waals surface area contributed by atoms with Crippen LogP contribution in [0.15, 0.2) is 18.2 Å². The number of anilines is 1. The van der Waals surface area contributed by atoms with Gasteiger partial charge in [0.25, 0.3) is 0 Å². The summed E-state index contributed by atoms with van der Waals surface area (Å²) in [7, 11) is 4.01. The first kappa shape index (κ1) is 11.9. The minimum Gasteiger partial charge on any atom is -0.371 e. The molecule has 0 bridgehead atoms. The Bertz CT molecular complexity index is 430. The predicted molar refractivity (Wildman–Crippen MR) is 70.0 cm³/mol. The van der Waals surface area contributed by atoms with Gasteiger partial charge in [0.05, 0.1) is 11.3 Å². The molecule has 0 atom stereocenters. The van der Waals surface area contributed by atoms with Crippen molar-refractivity contribution in [2.24, 2.45) is 0 Å². The molecule has 3 nitrogen and oxygen atoms in total. The molecule has 1 saturated carbocycles. The second-order valence-electron chi connectivity index (χ2n) is 4.69. The summed E-state index contributed by atoms with van der Waals surface area (Å²) >= 11 is 0. The molecule has 0 radical (unpaired) electrons. The number of hydrogen-bond donors (Lipinski definition) is 1. The third-order valence-corrected chi connectivity index (χ3v) is 3.56. The Balaban J connectivity index is 2.24. The van der Waals surface area contributed by atoms with E-state index in [2.05, 4.69) is 35.5 Å². The molecular weight excluding hydrogens is 210 g/mol. The van der Waals surface area contributed by atoms with Crippen molar-refractivity contribution in [3.05, 3.63) is 29.3 Å². The Hall–Kier alpha value is -1.53. The topological polar surface area (TPSA) is 39.1 Å². The average Bonchev–Trinajstić information content (AvgIpc) is 2.27. The van der Waals surface area contributed by atoms with Gasteiger partial charge in [-0.3, -0.25) is 0 Å². The molecule has 0 aromatic heterocycles. The SMILES string of the molecule is CNCc1ccc(N(C)C2CCC2)c(C#N)c1. The Morgan fingerprint density at radius 2 is 2.24 bits per heavy atom. The molecule has 0 unspecified atom stereocenters. The third-order valence-electron chi connectivity index (χ3n) is 3.56. The van der Waals surface area contributed by atoms with Crippen molar-refractivity contribution in [1.82, 2.24) is 5.32 Å². The predicted octanol–water partition coefficient (Wildman–Crippen LogP) is 2.27. The maximum absolute atomic E-state index is 9.24. The molecule has 2 rings (SSSR count). The lowest BCUT2D eigenvalue weighted by Gasteiger charge is -2.36. The van der Waals surface area contributed by atoms with Crippen LogP contribution in [0.5, 0.6) is 0 Å². The van der Waals surface area contributed by atoms with Crippen molar-refractivity contribution >= 4 is 5.69 Å². The Labute approximate surface area is 103 Å². The average molecular weight is 229 g/mol. The molecule has 0 saturated heterocycles. The van der Waals surface area contributed by atoms with Gasteiger partial charge < -0.3 is 10.2 Å². The molecule has 1 fully saturated rings. The minimum absolute atomic E-state index is 0.622. The van der Waals surface area contributed by atoms with E-state index in [-0.39, 0.29) is 0 Å². The first-order valence-electron chi connectivity index (χ1n) is 6.16. The number of rotatable bonds is 4. The van der Waals surface area contributed by atoms with E-state index in [1.165, 1.54) is 19.3 Å². The Morgan fingerprint density at radius 1 is 1.47 bits per heavy atom. The molecule has 0 aliphatic heterocycles. The van der Waals surface area contributed by atoms with Gasteiger partial charge in [0.1, 0.15) is 6.07 Å². The third kappa shape index (κ3) is 2.42. The van der Waals surface area contributed by atoms with Crippen LogP contribution in [0.4, 0.5) is 5.69 Å². The second kappa shape index (κ2) is 5.20. The van der Waals surface area contributed by atoms with E-state index in [1.807, 2.05) is 13.1 Å². The van der Waals surface area contributed by atoms with Crippen LogP contribution in [0.2, 0.25) is 0 Å². The van der Waals surface area contributed by atoms with Crippen LogP contribution in [0.25, 0.3) is 0 Å². The summed E-state index contributed by atoms with van der Waals surface area (Å²) in [5.41, 5.74) is 3.01. The number of nitrogens with one attached hydrogen (secondary N) is 1. The van der Waals surface area contributed by atoms with Crippen LogP contribution in [0.1, 0.15) is 30.4 Å². The van der Waals surface area contributed by atoms with Gasteiger partial charge in [0.15, 0.2) is 0 Å². The van der Waals surface area contributed by atoms with E-state index in [4.69, 9.17) is 0 Å². The molecule has 1 aliphatic carbocycles. The normalized spacial score (nSPS) is 15.1. The minimum atomic E-state index is 0.622. The Morgan fingerprint density at radius 3 is 2.76 bits per heavy atom. The fourth-order valence-corrected chi connectivity index (χ4v) is 2.27. The van der Waals surface area contributed by atoms with Crippen molar-refractivity contribution in [3.8, 4) is 6.07 Å². The van der Waals surface area contributed by atoms with Gasteiger partial charge in [-0.25, -0.2) is 0 Å². The van der Waals surface area contributed by atoms with Gasteiger partial charge in [-0.1, -0.05) is 6.07 Å². The molecular formula is C14H19N3. The van der Waals surface area contributed by atoms with Crippen molar-refractivity contribution in [1.29, 1.82) is 5.26 Å². The monoisotopic (exact) mass is 229 g/mol. The van der Waals surface area contributed by atoms with Crippen LogP contribution >= 0.6 is 0 Å². The van der Waals surface area contributed by atoms with Crippen molar-refractivity contribution in [3.63, 3.8) is 0 Å². The summed E-state index contributed by atoms with van der Waals surface area (Å²) in [6.45, 7) is 0.808. The lowest BCUT2D eigenvalue weighted by atomic mass is 9.91. The molecule has 3 heteroatoms. The highest BCUT2D eigenvalue weighted by Crippen LogP contribution is 2.30. The second-order valence-corrected chi connectivity index (χ2v) is 4.69. The van der Waals surface area contributed by atoms with Crippen LogP contribution in [0.3, 0.4) is 0 Å². The number of nitrogens with zero attached hydrogens (tertiary/aromatic N) is 2. The maximum atomic E-state index is 9.24. The molecule has 0 amide bonds. The zero-order valence-corrected chi connectivity index (χ0v) is 10.5. The van der Waals surface area contributed by atoms with E-state index in [9.17, 15) is 5.26 Å². The largest absolute Gasteiger partial charge is 0.371 e. The quantitative estimate of drug-likeness (QED) is 0.860. The van der Waals surface area contributed by atoms with Crippen molar-refractivity contribution in [2.45, 2.75) is 31.8 Å². The van der Waals surface area contributed by atoms with Crippen LogP contribution in [-0.4, -0.2) is 20.1 Å². The zero-order chi connectivity index (χ0) is 12.3. The standard InChI is InChI=1S/C14H19N3/c1-16-10-11-6-7-14(12(8-11)9-15)17(2)13-4-3-5-13/h6-8,13,16H,3-5,10H2,1-2H3. The van der Waals surface area contributed by atoms with Crippen LogP contribution < -0.4 is 10.2 Å². The van der Waals surface area contributed by atoms with Gasteiger partial charge >= 0.3 is 0 Å². The maximum Gasteiger partial charge on any atom is 0.101 e. The van der Waals surface area contributed by atoms with Crippen molar-refractivity contribution < 1.29 is 0 Å². The van der Waals surface area contributed by atoms with Gasteiger partial charge in [-0.2, -0.15) is 5.26 Å². The highest BCUT2D eigenvalue weighted by atomic mass is 15.1. The fraction of sp³-hybridized carbons (Fsp3) is 0.500. The number of hydrogen-bond acceptors (Lipinski definition) is 3. The van der Waals surface area contributed by atoms with E-state index >= 15 is 0 Å². The molecule has 1 N–H and O–H groups in total. The highest BCUT2D eigenvalue weighted by molar-refractivity contribution is 5.60. The summed E-state index contributed by atoms with van der Waals surface area (Å²) < 4.78 is 0. The van der Waals surface area contributed by atoms with Gasteiger partial charge in [0, 0.05) is 19.6 Å². The summed E-state index contributed by atoms with van der Waals surface area (Å²) in [5, 5.41) is 12.3. The lowest BCUT2D eigenvalue weighted by Crippen LogP contribution is -2.37. The van der Waals surface area contributed by atoms with E-state index in [0.29, 0.717) is 6.04 Å². The molecule has 1 aliphatic rings. The fourth-order valence-electron chi connectivity index (χ4n) is 2.27. The van der Waals surface area contributed by atoms with Gasteiger partial charge in [-0.15, -0.1) is 0 Å². The molecule has 1 aromatic rings. The van der Waals surface area contributed by atoms with E-state index in [0.717, 1.165) is 23.4 Å². The first-order chi connectivity index (χ1) is 8.26. The zero-order valence-electron chi connectivity index (χ0n) is 10.5. The van der Waals surface area contributed by atoms with Crippen molar-refractivity contribution in [2.75, 3.05) is 19.0 Å². The van der Waals surface area contributed by atoms with E-state index < -0.39 is 0 Å². The van der Waals surface area contributed by atoms with Crippen LogP contribution in [-0.2, 0) is 6.54 Å². The molecule has 0 spiro atoms. The summed E-state index contributed by atoms with van der Waals surface area (Å²) in [4.78, 5) is 2.26. The van der Waals surface area contributed by atoms with Crippen LogP contribution in [0, 0.1) is 11.3 Å². The molecule has 1 aromatic carbocycles. The highest BCUT2D eigenvalue weighted by Gasteiger charge is 2.23. The van der Waals surface area contributed by atoms with Gasteiger partial charge in [-0.05, 0) is 44.0 Å². The molecule has 17 heavy (non-hydrogen) atoms. The Kier molecular flexibility index (Phi) is 3.65. The molecule has 90 valence electrons. The number of benzene rings is 1. The van der Waals surface area contributed by atoms with E-state index in [1.54, 1.807) is 0 Å². The number of nitriles is 1. The summed E-state index contributed by atoms with van der Waals surface area (Å²) in [5.74, 6) is 0.